The number of hydrogen-bond donors (Lipinski definition) is 2. The minimum absolute atomic E-state index is 0.0796. The van der Waals surface area contributed by atoms with Crippen LogP contribution >= 0.6 is 0 Å². The Kier molecular flexibility index (Phi) is 6.35. The van der Waals surface area contributed by atoms with Crippen molar-refractivity contribution in [2.45, 2.75) is 26.0 Å². The third-order valence-corrected chi connectivity index (χ3v) is 3.63. The quantitative estimate of drug-likeness (QED) is 0.820. The van der Waals surface area contributed by atoms with Gasteiger partial charge in [-0.3, -0.25) is 4.79 Å². The van der Waals surface area contributed by atoms with Crippen LogP contribution in [0.2, 0.25) is 0 Å². The Morgan fingerprint density at radius 2 is 2.04 bits per heavy atom. The second kappa shape index (κ2) is 8.70. The summed E-state index contributed by atoms with van der Waals surface area (Å²) in [6.07, 6.45) is 0.670. The zero-order valence-electron chi connectivity index (χ0n) is 13.5. The van der Waals surface area contributed by atoms with Crippen molar-refractivity contribution in [3.05, 3.63) is 65.2 Å². The third kappa shape index (κ3) is 4.83. The molecule has 5 nitrogen and oxygen atoms in total. The molecule has 0 saturated heterocycles. The molecule has 0 aromatic heterocycles. The molecule has 0 aliphatic carbocycles. The van der Waals surface area contributed by atoms with Crippen LogP contribution in [-0.2, 0) is 6.61 Å². The van der Waals surface area contributed by atoms with Gasteiger partial charge in [0.05, 0.1) is 24.3 Å². The molecule has 1 unspecified atom stereocenters. The first-order chi connectivity index (χ1) is 11.7. The summed E-state index contributed by atoms with van der Waals surface area (Å²) in [4.78, 5) is 12.2. The summed E-state index contributed by atoms with van der Waals surface area (Å²) in [5.74, 6) is 0.450. The number of carbonyl (C=O) groups excluding carboxylic acids is 1. The van der Waals surface area contributed by atoms with Crippen LogP contribution in [0.4, 0.5) is 0 Å². The van der Waals surface area contributed by atoms with Crippen molar-refractivity contribution in [3.63, 3.8) is 0 Å². The largest absolute Gasteiger partial charge is 0.489 e. The number of aliphatic hydroxyl groups is 1. The van der Waals surface area contributed by atoms with Gasteiger partial charge >= 0.3 is 0 Å². The number of ether oxygens (including phenoxy) is 1. The maximum absolute atomic E-state index is 12.2. The Balaban J connectivity index is 1.99. The number of amides is 1. The number of nitriles is 1. The summed E-state index contributed by atoms with van der Waals surface area (Å²) in [5, 5.41) is 20.7. The molecule has 5 heteroatoms. The molecular weight excluding hydrogens is 304 g/mol. The molecule has 0 fully saturated rings. The summed E-state index contributed by atoms with van der Waals surface area (Å²) in [5.41, 5.74) is 1.97. The average molecular weight is 324 g/mol. The van der Waals surface area contributed by atoms with E-state index in [9.17, 15) is 4.79 Å². The molecule has 1 atom stereocenters. The van der Waals surface area contributed by atoms with E-state index in [-0.39, 0.29) is 18.6 Å². The van der Waals surface area contributed by atoms with Crippen molar-refractivity contribution >= 4 is 5.91 Å². The van der Waals surface area contributed by atoms with Gasteiger partial charge < -0.3 is 15.2 Å². The first-order valence-electron chi connectivity index (χ1n) is 7.80. The molecule has 2 rings (SSSR count). The SMILES string of the molecule is CCC(CO)NC(=O)c1cccc(COc2ccc(C#N)cc2)c1. The van der Waals surface area contributed by atoms with Crippen molar-refractivity contribution < 1.29 is 14.6 Å². The lowest BCUT2D eigenvalue weighted by Crippen LogP contribution is -2.36. The van der Waals surface area contributed by atoms with E-state index in [1.807, 2.05) is 13.0 Å². The van der Waals surface area contributed by atoms with Gasteiger partial charge in [-0.05, 0) is 48.4 Å². The Morgan fingerprint density at radius 1 is 1.29 bits per heavy atom. The van der Waals surface area contributed by atoms with E-state index in [1.54, 1.807) is 42.5 Å². The van der Waals surface area contributed by atoms with Crippen LogP contribution in [0.15, 0.2) is 48.5 Å². The van der Waals surface area contributed by atoms with Gasteiger partial charge in [0.15, 0.2) is 0 Å². The maximum Gasteiger partial charge on any atom is 0.251 e. The van der Waals surface area contributed by atoms with E-state index in [0.29, 0.717) is 29.9 Å². The summed E-state index contributed by atoms with van der Waals surface area (Å²) in [6.45, 7) is 2.15. The lowest BCUT2D eigenvalue weighted by Gasteiger charge is -2.14. The molecule has 2 aromatic carbocycles. The van der Waals surface area contributed by atoms with Crippen molar-refractivity contribution in [1.29, 1.82) is 5.26 Å². The topological polar surface area (TPSA) is 82.3 Å². The van der Waals surface area contributed by atoms with E-state index in [2.05, 4.69) is 11.4 Å². The number of carbonyl (C=O) groups is 1. The van der Waals surface area contributed by atoms with Gasteiger partial charge in [0, 0.05) is 5.56 Å². The highest BCUT2D eigenvalue weighted by molar-refractivity contribution is 5.94. The lowest BCUT2D eigenvalue weighted by molar-refractivity contribution is 0.0915. The first-order valence-corrected chi connectivity index (χ1v) is 7.80. The number of nitrogens with zero attached hydrogens (tertiary/aromatic N) is 1. The summed E-state index contributed by atoms with van der Waals surface area (Å²) in [6, 6.07) is 15.8. The molecule has 0 saturated carbocycles. The fraction of sp³-hybridized carbons (Fsp3) is 0.263. The molecule has 24 heavy (non-hydrogen) atoms. The standard InChI is InChI=1S/C19H20N2O3/c1-2-17(12-22)21-19(23)16-5-3-4-15(10-16)13-24-18-8-6-14(11-20)7-9-18/h3-10,17,22H,2,12-13H2,1H3,(H,21,23). The second-order valence-electron chi connectivity index (χ2n) is 5.39. The van der Waals surface area contributed by atoms with Crippen molar-refractivity contribution in [1.82, 2.24) is 5.32 Å². The molecule has 0 aliphatic heterocycles. The molecule has 1 amide bonds. The summed E-state index contributed by atoms with van der Waals surface area (Å²) in [7, 11) is 0. The molecule has 0 aliphatic rings. The molecule has 2 aromatic rings. The van der Waals surface area contributed by atoms with Gasteiger partial charge in [-0.1, -0.05) is 19.1 Å². The normalized spacial score (nSPS) is 11.4. The van der Waals surface area contributed by atoms with Crippen molar-refractivity contribution in [3.8, 4) is 11.8 Å². The van der Waals surface area contributed by atoms with Crippen LogP contribution in [0.25, 0.3) is 0 Å². The van der Waals surface area contributed by atoms with E-state index < -0.39 is 0 Å². The third-order valence-electron chi connectivity index (χ3n) is 3.63. The van der Waals surface area contributed by atoms with Crippen molar-refractivity contribution in [2.24, 2.45) is 0 Å². The molecule has 124 valence electrons. The minimum Gasteiger partial charge on any atom is -0.489 e. The number of hydrogen-bond acceptors (Lipinski definition) is 4. The zero-order valence-corrected chi connectivity index (χ0v) is 13.5. The van der Waals surface area contributed by atoms with Gasteiger partial charge in [0.25, 0.3) is 5.91 Å². The fourth-order valence-corrected chi connectivity index (χ4v) is 2.14. The Bertz CT molecular complexity index is 716. The minimum atomic E-state index is -0.240. The van der Waals surface area contributed by atoms with Crippen LogP contribution in [0, 0.1) is 11.3 Å². The lowest BCUT2D eigenvalue weighted by atomic mass is 10.1. The summed E-state index contributed by atoms with van der Waals surface area (Å²) < 4.78 is 5.67. The fourth-order valence-electron chi connectivity index (χ4n) is 2.14. The Hall–Kier alpha value is -2.84. The van der Waals surface area contributed by atoms with E-state index >= 15 is 0 Å². The molecule has 0 bridgehead atoms. The van der Waals surface area contributed by atoms with Gasteiger partial charge in [-0.15, -0.1) is 0 Å². The molecule has 0 radical (unpaired) electrons. The van der Waals surface area contributed by atoms with E-state index in [0.717, 1.165) is 5.56 Å². The van der Waals surface area contributed by atoms with Gasteiger partial charge in [0.2, 0.25) is 0 Å². The van der Waals surface area contributed by atoms with Crippen LogP contribution in [-0.4, -0.2) is 23.7 Å². The van der Waals surface area contributed by atoms with Gasteiger partial charge in [0.1, 0.15) is 12.4 Å². The average Bonchev–Trinajstić information content (AvgIpc) is 2.64. The van der Waals surface area contributed by atoms with Crippen LogP contribution in [0.1, 0.15) is 34.8 Å². The number of nitrogens with one attached hydrogen (secondary N) is 1. The maximum atomic E-state index is 12.2. The monoisotopic (exact) mass is 324 g/mol. The number of rotatable bonds is 7. The first kappa shape index (κ1) is 17.5. The second-order valence-corrected chi connectivity index (χ2v) is 5.39. The molecule has 0 heterocycles. The Morgan fingerprint density at radius 3 is 2.67 bits per heavy atom. The predicted octanol–water partition coefficient (Wildman–Crippen LogP) is 2.64. The van der Waals surface area contributed by atoms with Crippen LogP contribution in [0.5, 0.6) is 5.75 Å². The number of benzene rings is 2. The molecule has 0 spiro atoms. The zero-order chi connectivity index (χ0) is 17.4. The molecule has 2 N–H and O–H groups in total. The predicted molar refractivity (Wildman–Crippen MR) is 90.6 cm³/mol. The van der Waals surface area contributed by atoms with E-state index in [4.69, 9.17) is 15.1 Å². The highest BCUT2D eigenvalue weighted by Gasteiger charge is 2.11. The van der Waals surface area contributed by atoms with Crippen molar-refractivity contribution in [2.75, 3.05) is 6.61 Å². The van der Waals surface area contributed by atoms with Crippen LogP contribution in [0.3, 0.4) is 0 Å². The van der Waals surface area contributed by atoms with Crippen LogP contribution < -0.4 is 10.1 Å². The van der Waals surface area contributed by atoms with Gasteiger partial charge in [-0.2, -0.15) is 5.26 Å². The Labute approximate surface area is 141 Å². The van der Waals surface area contributed by atoms with Gasteiger partial charge in [-0.25, -0.2) is 0 Å². The molecular formula is C19H20N2O3. The smallest absolute Gasteiger partial charge is 0.251 e. The summed E-state index contributed by atoms with van der Waals surface area (Å²) >= 11 is 0. The number of aliphatic hydroxyl groups excluding tert-OH is 1. The highest BCUT2D eigenvalue weighted by Crippen LogP contribution is 2.14. The van der Waals surface area contributed by atoms with E-state index in [1.165, 1.54) is 0 Å². The highest BCUT2D eigenvalue weighted by atomic mass is 16.5.